The van der Waals surface area contributed by atoms with Crippen molar-refractivity contribution < 1.29 is 82.1 Å². The highest BCUT2D eigenvalue weighted by Gasteiger charge is 2.26. The highest BCUT2D eigenvalue weighted by molar-refractivity contribution is 6.07. The first-order valence-corrected chi connectivity index (χ1v) is 19.4. The van der Waals surface area contributed by atoms with E-state index < -0.39 is 91.2 Å². The Morgan fingerprint density at radius 1 is 0.652 bits per heavy atom. The fourth-order valence-electron chi connectivity index (χ4n) is 7.06. The van der Waals surface area contributed by atoms with Crippen LogP contribution in [-0.2, 0) is 30.4 Å². The molecule has 0 fully saturated rings. The predicted molar refractivity (Wildman–Crippen MR) is 229 cm³/mol. The van der Waals surface area contributed by atoms with E-state index >= 15 is 0 Å². The van der Waals surface area contributed by atoms with Gasteiger partial charge >= 0.3 is 29.8 Å². The Balaban J connectivity index is 1.33. The highest BCUT2D eigenvalue weighted by Crippen LogP contribution is 2.43. The number of aliphatic carboxylic acids is 5. The summed E-state index contributed by atoms with van der Waals surface area (Å²) in [6.45, 7) is -1.80. The van der Waals surface area contributed by atoms with Crippen LogP contribution in [0, 0.1) is 18.6 Å². The van der Waals surface area contributed by atoms with Gasteiger partial charge in [0.1, 0.15) is 62.2 Å². The average Bonchev–Trinajstić information content (AvgIpc) is 3.22. The molecule has 1 amide bonds. The molecule has 0 atom stereocenters. The first-order valence-electron chi connectivity index (χ1n) is 19.4. The van der Waals surface area contributed by atoms with E-state index in [2.05, 4.69) is 5.32 Å². The summed E-state index contributed by atoms with van der Waals surface area (Å²) in [6, 6.07) is 15.8. The number of carboxylic acids is 5. The van der Waals surface area contributed by atoms with Crippen molar-refractivity contribution in [1.29, 1.82) is 0 Å². The molecule has 0 unspecified atom stereocenters. The van der Waals surface area contributed by atoms with Crippen LogP contribution in [0.4, 0.5) is 25.8 Å². The minimum absolute atomic E-state index is 0.0211. The largest absolute Gasteiger partial charge is 0.505 e. The zero-order valence-electron chi connectivity index (χ0n) is 34.4. The van der Waals surface area contributed by atoms with Crippen molar-refractivity contribution in [2.24, 2.45) is 0 Å². The van der Waals surface area contributed by atoms with Gasteiger partial charge in [0.05, 0.1) is 17.8 Å². The van der Waals surface area contributed by atoms with Gasteiger partial charge in [-0.1, -0.05) is 12.1 Å². The molecule has 1 aliphatic heterocycles. The predicted octanol–water partition coefficient (Wildman–Crippen LogP) is 5.15. The lowest BCUT2D eigenvalue weighted by molar-refractivity contribution is -0.138. The number of carbonyl (C=O) groups is 6. The van der Waals surface area contributed by atoms with Gasteiger partial charge in [-0.05, 0) is 72.1 Å². The lowest BCUT2D eigenvalue weighted by Gasteiger charge is -2.25. The zero-order chi connectivity index (χ0) is 48.0. The summed E-state index contributed by atoms with van der Waals surface area (Å²) in [6.07, 6.45) is -0.715. The molecule has 0 saturated heterocycles. The van der Waals surface area contributed by atoms with Crippen LogP contribution < -0.4 is 30.0 Å². The molecule has 4 aromatic carbocycles. The summed E-state index contributed by atoms with van der Waals surface area (Å²) < 4.78 is 47.1. The molecule has 4 aromatic rings. The normalized spacial score (nSPS) is 11.0. The number of carboxylic acid groups (broad SMARTS) is 5. The number of aromatic hydroxyl groups is 1. The molecular formula is C45H37F2N3O16. The number of rotatable bonds is 20. The van der Waals surface area contributed by atoms with Gasteiger partial charge in [0.25, 0.3) is 5.91 Å². The lowest BCUT2D eigenvalue weighted by atomic mass is 9.88. The average molecular weight is 914 g/mol. The number of ether oxygens (including phenoxy) is 2. The van der Waals surface area contributed by atoms with Gasteiger partial charge in [0.15, 0.2) is 17.4 Å². The van der Waals surface area contributed by atoms with Gasteiger partial charge in [0, 0.05) is 46.0 Å². The Hall–Kier alpha value is -8.75. The molecular weight excluding hydrogens is 876 g/mol. The van der Waals surface area contributed by atoms with Crippen molar-refractivity contribution in [2.75, 3.05) is 54.5 Å². The summed E-state index contributed by atoms with van der Waals surface area (Å²) in [4.78, 5) is 86.9. The molecule has 0 saturated carbocycles. The molecule has 6 rings (SSSR count). The number of anilines is 3. The van der Waals surface area contributed by atoms with E-state index in [1.54, 1.807) is 13.0 Å². The van der Waals surface area contributed by atoms with Crippen LogP contribution in [0.15, 0.2) is 88.1 Å². The van der Waals surface area contributed by atoms with Gasteiger partial charge in [-0.25, -0.2) is 8.78 Å². The number of halogens is 2. The second-order valence-electron chi connectivity index (χ2n) is 14.6. The molecule has 7 N–H and O–H groups in total. The van der Waals surface area contributed by atoms with Gasteiger partial charge in [-0.2, -0.15) is 0 Å². The van der Waals surface area contributed by atoms with E-state index in [1.165, 1.54) is 48.5 Å². The van der Waals surface area contributed by atoms with Crippen LogP contribution in [0.2, 0.25) is 0 Å². The van der Waals surface area contributed by atoms with Crippen LogP contribution in [0.25, 0.3) is 33.4 Å². The maximum absolute atomic E-state index is 14.8. The fourth-order valence-corrected chi connectivity index (χ4v) is 7.06. The monoisotopic (exact) mass is 913 g/mol. The molecule has 19 nitrogen and oxygen atoms in total. The third kappa shape index (κ3) is 11.1. The maximum Gasteiger partial charge on any atom is 0.323 e. The third-order valence-electron chi connectivity index (χ3n) is 9.74. The maximum atomic E-state index is 14.8. The highest BCUT2D eigenvalue weighted by atomic mass is 19.1. The number of nitrogens with zero attached hydrogens (tertiary/aromatic N) is 2. The molecule has 0 spiro atoms. The van der Waals surface area contributed by atoms with Crippen LogP contribution in [0.5, 0.6) is 17.2 Å². The van der Waals surface area contributed by atoms with Gasteiger partial charge in [-0.3, -0.25) is 33.6 Å². The van der Waals surface area contributed by atoms with E-state index in [1.807, 2.05) is 0 Å². The van der Waals surface area contributed by atoms with Crippen molar-refractivity contribution in [2.45, 2.75) is 13.3 Å². The first kappa shape index (κ1) is 46.7. The number of phenolic OH excluding ortho intramolecular Hbond substituents is 1. The van der Waals surface area contributed by atoms with Crippen molar-refractivity contribution in [3.8, 4) is 39.7 Å². The Morgan fingerprint density at radius 2 is 1.23 bits per heavy atom. The number of phenols is 1. The summed E-state index contributed by atoms with van der Waals surface area (Å²) in [5.41, 5.74) is -0.447. The molecule has 21 heteroatoms. The van der Waals surface area contributed by atoms with Gasteiger partial charge in [-0.15, -0.1) is 0 Å². The summed E-state index contributed by atoms with van der Waals surface area (Å²) in [5.74, 6) is -10.9. The Kier molecular flexibility index (Phi) is 14.0. The molecule has 0 aromatic heterocycles. The van der Waals surface area contributed by atoms with Crippen LogP contribution in [-0.4, -0.2) is 106 Å². The number of hydrogen-bond acceptors (Lipinski definition) is 13. The number of fused-ring (bicyclic) bond motifs is 2. The Bertz CT molecular complexity index is 2920. The van der Waals surface area contributed by atoms with Gasteiger partial charge in [0.2, 0.25) is 5.43 Å². The molecule has 1 aliphatic carbocycles. The van der Waals surface area contributed by atoms with Crippen LogP contribution in [0.1, 0.15) is 21.5 Å². The fraction of sp³-hybridized carbons (Fsp3) is 0.178. The number of carbonyl (C=O) groups excluding carboxylic acids is 1. The SMILES string of the molecule is Cc1ccc(N(CC(=O)O)CC(=O)O)c(OCCOc2cc(NC(=O)c3ccc(-c4c5cc(F)c(=O)cc-5oc5cc(O)c(F)cc45)c(CC(=O)O)c3)ccc2N(CC(=O)O)CC(=O)O)c1. The minimum Gasteiger partial charge on any atom is -0.505 e. The van der Waals surface area contributed by atoms with E-state index in [4.69, 9.17) is 13.9 Å². The van der Waals surface area contributed by atoms with Crippen LogP contribution >= 0.6 is 0 Å². The number of amides is 1. The van der Waals surface area contributed by atoms with E-state index in [0.717, 1.165) is 34.1 Å². The number of benzene rings is 5. The van der Waals surface area contributed by atoms with Crippen LogP contribution in [0.3, 0.4) is 0 Å². The molecule has 0 bridgehead atoms. The number of aryl methyl sites for hydroxylation is 1. The smallest absolute Gasteiger partial charge is 0.323 e. The molecule has 2 aliphatic rings. The van der Waals surface area contributed by atoms with Crippen molar-refractivity contribution in [3.05, 3.63) is 117 Å². The lowest BCUT2D eigenvalue weighted by Crippen LogP contribution is -2.35. The van der Waals surface area contributed by atoms with E-state index in [-0.39, 0.29) is 86.3 Å². The number of nitrogens with one attached hydrogen (secondary N) is 1. The van der Waals surface area contributed by atoms with Crippen molar-refractivity contribution >= 4 is 63.8 Å². The van der Waals surface area contributed by atoms with Crippen molar-refractivity contribution in [3.63, 3.8) is 0 Å². The molecule has 342 valence electrons. The van der Waals surface area contributed by atoms with Gasteiger partial charge < -0.3 is 59.6 Å². The first-order chi connectivity index (χ1) is 31.3. The summed E-state index contributed by atoms with van der Waals surface area (Å²) >= 11 is 0. The Labute approximate surface area is 370 Å². The number of hydrogen-bond donors (Lipinski definition) is 7. The standard InChI is InChI=1S/C45H37F2N3O16/c1-22-2-6-31(49(18-40(55)56)19-41(57)58)37(10-22)64-8-9-65-38-13-25(4-7-32(38)50(20-42(59)60)21-43(61)62)48-45(63)23-3-5-26(24(11-23)12-39(53)54)44-27-14-29(46)33(51)16-35(27)66-36-17-34(52)30(47)15-28(36)44/h2-7,10-11,13-17,51H,8-9,12,18-21H2,1H3,(H,48,63)(H,53,54)(H,55,56)(H,57,58)(H,59,60)(H,61,62). The summed E-state index contributed by atoms with van der Waals surface area (Å²) in [7, 11) is 0. The topological polar surface area (TPSA) is 291 Å². The minimum atomic E-state index is -1.39. The zero-order valence-corrected chi connectivity index (χ0v) is 34.4. The second kappa shape index (κ2) is 19.7. The van der Waals surface area contributed by atoms with Crippen molar-refractivity contribution in [1.82, 2.24) is 0 Å². The van der Waals surface area contributed by atoms with E-state index in [9.17, 15) is 73.0 Å². The third-order valence-corrected chi connectivity index (χ3v) is 9.74. The Morgan fingerprint density at radius 3 is 1.80 bits per heavy atom. The molecule has 66 heavy (non-hydrogen) atoms. The summed E-state index contributed by atoms with van der Waals surface area (Å²) in [5, 5.41) is 60.5. The van der Waals surface area contributed by atoms with E-state index in [0.29, 0.717) is 5.56 Å². The quantitative estimate of drug-likeness (QED) is 0.0385. The molecule has 0 radical (unpaired) electrons. The second-order valence-corrected chi connectivity index (χ2v) is 14.6. The molecule has 1 heterocycles.